The second-order valence-electron chi connectivity index (χ2n) is 4.10. The van der Waals surface area contributed by atoms with E-state index >= 15 is 0 Å². The summed E-state index contributed by atoms with van der Waals surface area (Å²) in [4.78, 5) is 0. The minimum atomic E-state index is -0.643. The van der Waals surface area contributed by atoms with Crippen molar-refractivity contribution in [2.45, 2.75) is 25.9 Å². The highest BCUT2D eigenvalue weighted by molar-refractivity contribution is 5.60. The number of nitrogens with one attached hydrogen (secondary N) is 1. The summed E-state index contributed by atoms with van der Waals surface area (Å²) in [5, 5.41) is 21.7. The van der Waals surface area contributed by atoms with Gasteiger partial charge in [-0.15, -0.1) is 0 Å². The standard InChI is InChI=1S/C12H17NO2/c1-8-2-3-12-10(4-5-13-12)11(8)6-9(15)7-14/h2-3,9,13-15H,4-7H2,1H3. The summed E-state index contributed by atoms with van der Waals surface area (Å²) in [6.45, 7) is 2.86. The number of rotatable bonds is 3. The molecule has 0 bridgehead atoms. The smallest absolute Gasteiger partial charge is 0.0811 e. The Balaban J connectivity index is 2.33. The van der Waals surface area contributed by atoms with Crippen molar-refractivity contribution in [1.29, 1.82) is 0 Å². The molecule has 2 rings (SSSR count). The van der Waals surface area contributed by atoms with E-state index in [-0.39, 0.29) is 6.61 Å². The average molecular weight is 207 g/mol. The van der Waals surface area contributed by atoms with Crippen molar-refractivity contribution >= 4 is 5.69 Å². The number of fused-ring (bicyclic) bond motifs is 1. The molecule has 0 aliphatic carbocycles. The van der Waals surface area contributed by atoms with Gasteiger partial charge in [-0.2, -0.15) is 0 Å². The number of hydrogen-bond donors (Lipinski definition) is 3. The Bertz CT molecular complexity index is 363. The molecular formula is C12H17NO2. The fourth-order valence-electron chi connectivity index (χ4n) is 2.17. The number of hydrogen-bond acceptors (Lipinski definition) is 3. The number of benzene rings is 1. The minimum Gasteiger partial charge on any atom is -0.394 e. The molecule has 0 fully saturated rings. The lowest BCUT2D eigenvalue weighted by atomic mass is 9.95. The van der Waals surface area contributed by atoms with E-state index in [0.717, 1.165) is 13.0 Å². The van der Waals surface area contributed by atoms with Crippen LogP contribution in [0.1, 0.15) is 16.7 Å². The molecule has 0 saturated carbocycles. The summed E-state index contributed by atoms with van der Waals surface area (Å²) in [5.74, 6) is 0. The Morgan fingerprint density at radius 1 is 1.47 bits per heavy atom. The maximum atomic E-state index is 9.50. The molecule has 3 N–H and O–H groups in total. The molecule has 1 heterocycles. The molecule has 0 saturated heterocycles. The fourth-order valence-corrected chi connectivity index (χ4v) is 2.17. The third-order valence-electron chi connectivity index (χ3n) is 3.01. The van der Waals surface area contributed by atoms with Gasteiger partial charge in [0.15, 0.2) is 0 Å². The van der Waals surface area contributed by atoms with Gasteiger partial charge in [0.2, 0.25) is 0 Å². The van der Waals surface area contributed by atoms with Crippen LogP contribution < -0.4 is 5.32 Å². The highest BCUT2D eigenvalue weighted by Gasteiger charge is 2.17. The van der Waals surface area contributed by atoms with Gasteiger partial charge in [0.25, 0.3) is 0 Å². The summed E-state index contributed by atoms with van der Waals surface area (Å²) < 4.78 is 0. The Hall–Kier alpha value is -1.06. The second kappa shape index (κ2) is 4.21. The molecule has 15 heavy (non-hydrogen) atoms. The van der Waals surface area contributed by atoms with Crippen molar-refractivity contribution in [3.63, 3.8) is 0 Å². The van der Waals surface area contributed by atoms with Crippen LogP contribution in [-0.2, 0) is 12.8 Å². The molecule has 1 unspecified atom stereocenters. The van der Waals surface area contributed by atoms with E-state index in [0.29, 0.717) is 6.42 Å². The quantitative estimate of drug-likeness (QED) is 0.689. The van der Waals surface area contributed by atoms with Gasteiger partial charge >= 0.3 is 0 Å². The van der Waals surface area contributed by atoms with E-state index in [1.807, 2.05) is 0 Å². The Kier molecular flexibility index (Phi) is 2.93. The van der Waals surface area contributed by atoms with E-state index in [4.69, 9.17) is 5.11 Å². The summed E-state index contributed by atoms with van der Waals surface area (Å²) in [6.07, 6.45) is 0.924. The zero-order valence-electron chi connectivity index (χ0n) is 8.95. The van der Waals surface area contributed by atoms with Crippen molar-refractivity contribution in [3.8, 4) is 0 Å². The lowest BCUT2D eigenvalue weighted by Gasteiger charge is -2.14. The number of aliphatic hydroxyl groups excluding tert-OH is 2. The molecule has 1 aromatic carbocycles. The van der Waals surface area contributed by atoms with E-state index in [2.05, 4.69) is 24.4 Å². The lowest BCUT2D eigenvalue weighted by Crippen LogP contribution is -2.16. The molecule has 1 aliphatic rings. The molecule has 82 valence electrons. The predicted molar refractivity (Wildman–Crippen MR) is 60.2 cm³/mol. The summed E-state index contributed by atoms with van der Waals surface area (Å²) in [5.41, 5.74) is 4.88. The average Bonchev–Trinajstić information content (AvgIpc) is 2.70. The van der Waals surface area contributed by atoms with Crippen LogP contribution in [0.3, 0.4) is 0 Å². The summed E-state index contributed by atoms with van der Waals surface area (Å²) in [7, 11) is 0. The van der Waals surface area contributed by atoms with Gasteiger partial charge in [-0.05, 0) is 36.1 Å². The van der Waals surface area contributed by atoms with Crippen LogP contribution in [0, 0.1) is 6.92 Å². The third-order valence-corrected chi connectivity index (χ3v) is 3.01. The number of aryl methyl sites for hydroxylation is 1. The van der Waals surface area contributed by atoms with E-state index in [1.54, 1.807) is 0 Å². The van der Waals surface area contributed by atoms with Crippen molar-refractivity contribution in [3.05, 3.63) is 28.8 Å². The van der Waals surface area contributed by atoms with Crippen molar-refractivity contribution in [2.75, 3.05) is 18.5 Å². The maximum absolute atomic E-state index is 9.50. The van der Waals surface area contributed by atoms with Crippen LogP contribution in [0.2, 0.25) is 0 Å². The van der Waals surface area contributed by atoms with Gasteiger partial charge in [0, 0.05) is 18.7 Å². The first kappa shape index (κ1) is 10.5. The van der Waals surface area contributed by atoms with Crippen LogP contribution in [-0.4, -0.2) is 29.5 Å². The molecular weight excluding hydrogens is 190 g/mol. The fraction of sp³-hybridized carbons (Fsp3) is 0.500. The molecule has 1 aromatic rings. The van der Waals surface area contributed by atoms with Crippen LogP contribution >= 0.6 is 0 Å². The molecule has 0 aromatic heterocycles. The minimum absolute atomic E-state index is 0.170. The van der Waals surface area contributed by atoms with Gasteiger partial charge < -0.3 is 15.5 Å². The highest BCUT2D eigenvalue weighted by Crippen LogP contribution is 2.28. The summed E-state index contributed by atoms with van der Waals surface area (Å²) >= 11 is 0. The highest BCUT2D eigenvalue weighted by atomic mass is 16.3. The normalized spacial score (nSPS) is 15.9. The van der Waals surface area contributed by atoms with E-state index < -0.39 is 6.10 Å². The largest absolute Gasteiger partial charge is 0.394 e. The van der Waals surface area contributed by atoms with Crippen LogP contribution in [0.5, 0.6) is 0 Å². The molecule has 0 radical (unpaired) electrons. The van der Waals surface area contributed by atoms with E-state index in [9.17, 15) is 5.11 Å². The van der Waals surface area contributed by atoms with Crippen molar-refractivity contribution < 1.29 is 10.2 Å². The van der Waals surface area contributed by atoms with Gasteiger partial charge in [-0.25, -0.2) is 0 Å². The van der Waals surface area contributed by atoms with Crippen LogP contribution in [0.15, 0.2) is 12.1 Å². The Morgan fingerprint density at radius 2 is 2.27 bits per heavy atom. The Labute approximate surface area is 89.8 Å². The van der Waals surface area contributed by atoms with Crippen molar-refractivity contribution in [2.24, 2.45) is 0 Å². The molecule has 1 aliphatic heterocycles. The molecule has 0 spiro atoms. The Morgan fingerprint density at radius 3 is 3.00 bits per heavy atom. The zero-order chi connectivity index (χ0) is 10.8. The molecule has 3 nitrogen and oxygen atoms in total. The maximum Gasteiger partial charge on any atom is 0.0811 e. The van der Waals surface area contributed by atoms with Crippen molar-refractivity contribution in [1.82, 2.24) is 0 Å². The molecule has 3 heteroatoms. The van der Waals surface area contributed by atoms with Crippen LogP contribution in [0.4, 0.5) is 5.69 Å². The monoisotopic (exact) mass is 207 g/mol. The third kappa shape index (κ3) is 1.98. The predicted octanol–water partition coefficient (Wildman–Crippen LogP) is 0.859. The topological polar surface area (TPSA) is 52.5 Å². The van der Waals surface area contributed by atoms with E-state index in [1.165, 1.54) is 22.4 Å². The first-order chi connectivity index (χ1) is 7.22. The summed E-state index contributed by atoms with van der Waals surface area (Å²) in [6, 6.07) is 4.16. The molecule has 0 amide bonds. The van der Waals surface area contributed by atoms with Gasteiger partial charge in [-0.3, -0.25) is 0 Å². The first-order valence-corrected chi connectivity index (χ1v) is 5.36. The van der Waals surface area contributed by atoms with Crippen LogP contribution in [0.25, 0.3) is 0 Å². The first-order valence-electron chi connectivity index (χ1n) is 5.36. The number of anilines is 1. The lowest BCUT2D eigenvalue weighted by molar-refractivity contribution is 0.0952. The second-order valence-corrected chi connectivity index (χ2v) is 4.10. The van der Waals surface area contributed by atoms with Gasteiger partial charge in [0.05, 0.1) is 12.7 Å². The SMILES string of the molecule is Cc1ccc2c(c1CC(O)CO)CCN2. The van der Waals surface area contributed by atoms with Gasteiger partial charge in [0.1, 0.15) is 0 Å². The zero-order valence-corrected chi connectivity index (χ0v) is 8.95. The number of aliphatic hydroxyl groups is 2. The molecule has 1 atom stereocenters. The van der Waals surface area contributed by atoms with Gasteiger partial charge in [-0.1, -0.05) is 6.07 Å².